The summed E-state index contributed by atoms with van der Waals surface area (Å²) in [5, 5.41) is 3.49. The summed E-state index contributed by atoms with van der Waals surface area (Å²) in [6, 6.07) is 7.44. The maximum atomic E-state index is 12.0. The Morgan fingerprint density at radius 2 is 2.19 bits per heavy atom. The van der Waals surface area contributed by atoms with E-state index < -0.39 is 6.04 Å². The van der Waals surface area contributed by atoms with Crippen molar-refractivity contribution in [3.63, 3.8) is 0 Å². The average molecular weight is 303 g/mol. The fourth-order valence-corrected chi connectivity index (χ4v) is 2.76. The molecule has 112 valence electrons. The molecule has 1 aliphatic rings. The quantitative estimate of drug-likeness (QED) is 0.627. The lowest BCUT2D eigenvalue weighted by atomic mass is 10.0. The van der Waals surface area contributed by atoms with Crippen LogP contribution in [0.3, 0.4) is 0 Å². The number of benzene rings is 1. The van der Waals surface area contributed by atoms with Gasteiger partial charge in [0.2, 0.25) is 0 Å². The molecule has 2 rings (SSSR count). The smallest absolute Gasteiger partial charge is 0.327 e. The van der Waals surface area contributed by atoms with E-state index in [4.69, 9.17) is 4.74 Å². The number of aryl methyl sites for hydroxylation is 1. The van der Waals surface area contributed by atoms with E-state index in [-0.39, 0.29) is 11.2 Å². The number of ether oxygens (including phenoxy) is 1. The van der Waals surface area contributed by atoms with Gasteiger partial charge in [-0.25, -0.2) is 4.79 Å². The SMILES string of the molecule is COC(=O)C(NCCC1=CC=CC1S)c1ccccc1C. The fourth-order valence-electron chi connectivity index (χ4n) is 2.45. The Hall–Kier alpha value is -1.52. The molecule has 21 heavy (non-hydrogen) atoms. The van der Waals surface area contributed by atoms with Crippen molar-refractivity contribution in [1.29, 1.82) is 0 Å². The van der Waals surface area contributed by atoms with Crippen molar-refractivity contribution in [2.75, 3.05) is 13.7 Å². The summed E-state index contributed by atoms with van der Waals surface area (Å²) < 4.78 is 4.92. The third-order valence-corrected chi connectivity index (χ3v) is 4.19. The number of hydrogen-bond donors (Lipinski definition) is 2. The van der Waals surface area contributed by atoms with E-state index in [9.17, 15) is 4.79 Å². The summed E-state index contributed by atoms with van der Waals surface area (Å²) in [6.07, 6.45) is 7.02. The topological polar surface area (TPSA) is 38.3 Å². The zero-order chi connectivity index (χ0) is 15.2. The number of methoxy groups -OCH3 is 1. The summed E-state index contributed by atoms with van der Waals surface area (Å²) in [5.41, 5.74) is 3.30. The van der Waals surface area contributed by atoms with Gasteiger partial charge >= 0.3 is 5.97 Å². The molecule has 0 heterocycles. The molecule has 1 N–H and O–H groups in total. The van der Waals surface area contributed by atoms with Crippen LogP contribution in [-0.4, -0.2) is 24.9 Å². The Balaban J connectivity index is 2.01. The van der Waals surface area contributed by atoms with Crippen LogP contribution in [0, 0.1) is 6.92 Å². The molecule has 1 aromatic carbocycles. The zero-order valence-corrected chi connectivity index (χ0v) is 13.3. The van der Waals surface area contributed by atoms with E-state index in [1.54, 1.807) is 0 Å². The number of allylic oxidation sites excluding steroid dienone is 2. The average Bonchev–Trinajstić information content (AvgIpc) is 2.89. The molecule has 4 heteroatoms. The van der Waals surface area contributed by atoms with Crippen molar-refractivity contribution in [1.82, 2.24) is 5.32 Å². The second kappa shape index (κ2) is 7.48. The second-order valence-electron chi connectivity index (χ2n) is 5.09. The van der Waals surface area contributed by atoms with Crippen molar-refractivity contribution in [3.05, 3.63) is 59.2 Å². The predicted molar refractivity (Wildman–Crippen MR) is 88.6 cm³/mol. The van der Waals surface area contributed by atoms with E-state index in [2.05, 4.69) is 30.1 Å². The van der Waals surface area contributed by atoms with Crippen molar-refractivity contribution in [2.45, 2.75) is 24.6 Å². The normalized spacial score (nSPS) is 18.4. The summed E-state index contributed by atoms with van der Waals surface area (Å²) >= 11 is 4.48. The van der Waals surface area contributed by atoms with Crippen LogP contribution in [0.15, 0.2) is 48.1 Å². The maximum Gasteiger partial charge on any atom is 0.327 e. The summed E-state index contributed by atoms with van der Waals surface area (Å²) in [5.74, 6) is -0.259. The molecule has 2 atom stereocenters. The molecule has 2 unspecified atom stereocenters. The van der Waals surface area contributed by atoms with E-state index >= 15 is 0 Å². The molecular formula is C17H21NO2S. The van der Waals surface area contributed by atoms with Crippen LogP contribution in [0.25, 0.3) is 0 Å². The van der Waals surface area contributed by atoms with Crippen LogP contribution in [0.2, 0.25) is 0 Å². The van der Waals surface area contributed by atoms with Gasteiger partial charge in [-0.15, -0.1) is 0 Å². The van der Waals surface area contributed by atoms with Gasteiger partial charge in [-0.2, -0.15) is 12.6 Å². The molecule has 1 aromatic rings. The number of nitrogens with one attached hydrogen (secondary N) is 1. The third-order valence-electron chi connectivity index (χ3n) is 3.68. The van der Waals surface area contributed by atoms with Gasteiger partial charge in [0.25, 0.3) is 0 Å². The summed E-state index contributed by atoms with van der Waals surface area (Å²) in [6.45, 7) is 2.71. The molecule has 0 amide bonds. The molecule has 0 fully saturated rings. The standard InChI is InChI=1S/C17H21NO2S/c1-12-6-3-4-8-14(12)16(17(19)20-2)18-11-10-13-7-5-9-15(13)21/h3-9,15-16,18,21H,10-11H2,1-2H3. The van der Waals surface area contributed by atoms with Gasteiger partial charge in [-0.1, -0.05) is 48.1 Å². The molecule has 1 aliphatic carbocycles. The molecule has 0 saturated heterocycles. The fraction of sp³-hybridized carbons (Fsp3) is 0.353. The van der Waals surface area contributed by atoms with Crippen LogP contribution >= 0.6 is 12.6 Å². The first-order chi connectivity index (χ1) is 10.1. The first-order valence-electron chi connectivity index (χ1n) is 7.05. The third kappa shape index (κ3) is 3.99. The van der Waals surface area contributed by atoms with Gasteiger partial charge in [0.15, 0.2) is 0 Å². The van der Waals surface area contributed by atoms with Gasteiger partial charge < -0.3 is 10.1 Å². The number of hydrogen-bond acceptors (Lipinski definition) is 4. The van der Waals surface area contributed by atoms with Crippen LogP contribution < -0.4 is 5.32 Å². The Kier molecular flexibility index (Phi) is 5.65. The largest absolute Gasteiger partial charge is 0.468 e. The summed E-state index contributed by atoms with van der Waals surface area (Å²) in [4.78, 5) is 12.0. The van der Waals surface area contributed by atoms with Crippen LogP contribution in [0.1, 0.15) is 23.6 Å². The van der Waals surface area contributed by atoms with Gasteiger partial charge in [-0.05, 0) is 24.5 Å². The minimum atomic E-state index is -0.426. The highest BCUT2D eigenvalue weighted by atomic mass is 32.1. The molecule has 0 saturated carbocycles. The van der Waals surface area contributed by atoms with Gasteiger partial charge in [0.1, 0.15) is 6.04 Å². The molecule has 0 bridgehead atoms. The Morgan fingerprint density at radius 3 is 2.81 bits per heavy atom. The molecule has 0 aliphatic heterocycles. The van der Waals surface area contributed by atoms with Gasteiger partial charge in [0, 0.05) is 11.8 Å². The van der Waals surface area contributed by atoms with Crippen molar-refractivity contribution in [3.8, 4) is 0 Å². The van der Waals surface area contributed by atoms with Gasteiger partial charge in [0.05, 0.1) is 7.11 Å². The summed E-state index contributed by atoms with van der Waals surface area (Å²) in [7, 11) is 1.42. The van der Waals surface area contributed by atoms with Crippen LogP contribution in [0.5, 0.6) is 0 Å². The number of carbonyl (C=O) groups excluding carboxylic acids is 1. The first kappa shape index (κ1) is 15.9. The molecular weight excluding hydrogens is 282 g/mol. The van der Waals surface area contributed by atoms with E-state index in [1.807, 2.05) is 37.3 Å². The monoisotopic (exact) mass is 303 g/mol. The molecule has 0 spiro atoms. The van der Waals surface area contributed by atoms with Crippen LogP contribution in [0.4, 0.5) is 0 Å². The van der Waals surface area contributed by atoms with E-state index in [0.29, 0.717) is 6.54 Å². The zero-order valence-electron chi connectivity index (χ0n) is 12.4. The van der Waals surface area contributed by atoms with Crippen molar-refractivity contribution >= 4 is 18.6 Å². The molecule has 3 nitrogen and oxygen atoms in total. The Labute approximate surface area is 131 Å². The van der Waals surface area contributed by atoms with E-state index in [1.165, 1.54) is 12.7 Å². The predicted octanol–water partition coefficient (Wildman–Crippen LogP) is 2.98. The number of rotatable bonds is 6. The minimum absolute atomic E-state index is 0.196. The number of carbonyl (C=O) groups is 1. The lowest BCUT2D eigenvalue weighted by molar-refractivity contribution is -0.143. The van der Waals surface area contributed by atoms with Gasteiger partial charge in [-0.3, -0.25) is 0 Å². The Bertz CT molecular complexity index is 566. The molecule has 0 radical (unpaired) electrons. The minimum Gasteiger partial charge on any atom is -0.468 e. The lowest BCUT2D eigenvalue weighted by Crippen LogP contribution is -2.31. The number of esters is 1. The van der Waals surface area contributed by atoms with Crippen molar-refractivity contribution < 1.29 is 9.53 Å². The van der Waals surface area contributed by atoms with Crippen LogP contribution in [-0.2, 0) is 9.53 Å². The van der Waals surface area contributed by atoms with Crippen molar-refractivity contribution in [2.24, 2.45) is 0 Å². The highest BCUT2D eigenvalue weighted by Crippen LogP contribution is 2.22. The first-order valence-corrected chi connectivity index (χ1v) is 7.57. The molecule has 0 aromatic heterocycles. The second-order valence-corrected chi connectivity index (χ2v) is 5.64. The van der Waals surface area contributed by atoms with E-state index in [0.717, 1.165) is 17.5 Å². The highest BCUT2D eigenvalue weighted by molar-refractivity contribution is 7.81. The Morgan fingerprint density at radius 1 is 1.43 bits per heavy atom. The lowest BCUT2D eigenvalue weighted by Gasteiger charge is -2.19. The maximum absolute atomic E-state index is 12.0. The highest BCUT2D eigenvalue weighted by Gasteiger charge is 2.22. The number of thiol groups is 1.